The summed E-state index contributed by atoms with van der Waals surface area (Å²) in [5, 5.41) is 0. The lowest BCUT2D eigenvalue weighted by Crippen LogP contribution is -2.28. The van der Waals surface area contributed by atoms with Crippen LogP contribution in [0.4, 0.5) is 0 Å². The minimum Gasteiger partial charge on any atom is -0.263 e. The Bertz CT molecular complexity index is 541. The SMILES string of the molecule is O=S(=O)(Cl)CCNS(=O)(=O)c1cccnc1. The second-order valence-corrected chi connectivity index (χ2v) is 7.49. The first-order valence-electron chi connectivity index (χ1n) is 4.13. The Morgan fingerprint density at radius 1 is 1.31 bits per heavy atom. The Labute approximate surface area is 98.1 Å². The zero-order chi connectivity index (χ0) is 12.2. The van der Waals surface area contributed by atoms with E-state index in [-0.39, 0.29) is 11.4 Å². The molecule has 1 rings (SSSR count). The van der Waals surface area contributed by atoms with Crippen LogP contribution in [-0.4, -0.2) is 34.1 Å². The van der Waals surface area contributed by atoms with E-state index >= 15 is 0 Å². The lowest BCUT2D eigenvalue weighted by atomic mass is 10.5. The van der Waals surface area contributed by atoms with E-state index in [9.17, 15) is 16.8 Å². The fourth-order valence-corrected chi connectivity index (χ4v) is 2.59. The molecular weight excluding hydrogens is 276 g/mol. The summed E-state index contributed by atoms with van der Waals surface area (Å²) in [5.41, 5.74) is 0. The molecule has 0 unspecified atom stereocenters. The molecule has 0 radical (unpaired) electrons. The van der Waals surface area contributed by atoms with Gasteiger partial charge in [-0.25, -0.2) is 21.6 Å². The van der Waals surface area contributed by atoms with Gasteiger partial charge in [-0.15, -0.1) is 0 Å². The predicted molar refractivity (Wildman–Crippen MR) is 59.1 cm³/mol. The first kappa shape index (κ1) is 13.4. The van der Waals surface area contributed by atoms with Crippen LogP contribution < -0.4 is 4.72 Å². The van der Waals surface area contributed by atoms with Crippen molar-refractivity contribution in [3.8, 4) is 0 Å². The molecule has 0 atom stereocenters. The van der Waals surface area contributed by atoms with E-state index in [1.807, 2.05) is 0 Å². The standard InChI is InChI=1S/C7H9ClN2O4S2/c8-15(11,12)5-4-10-16(13,14)7-2-1-3-9-6-7/h1-3,6,10H,4-5H2. The molecule has 0 aliphatic rings. The lowest BCUT2D eigenvalue weighted by molar-refractivity contribution is 0.582. The van der Waals surface area contributed by atoms with E-state index in [0.29, 0.717) is 0 Å². The maximum Gasteiger partial charge on any atom is 0.242 e. The van der Waals surface area contributed by atoms with Crippen LogP contribution in [0.5, 0.6) is 0 Å². The number of nitrogens with zero attached hydrogens (tertiary/aromatic N) is 1. The number of sulfonamides is 1. The van der Waals surface area contributed by atoms with E-state index in [4.69, 9.17) is 10.7 Å². The van der Waals surface area contributed by atoms with Gasteiger partial charge < -0.3 is 0 Å². The number of hydrogen-bond donors (Lipinski definition) is 1. The summed E-state index contributed by atoms with van der Waals surface area (Å²) in [6.45, 7) is -0.275. The third-order valence-corrected chi connectivity index (χ3v) is 4.18. The fourth-order valence-electron chi connectivity index (χ4n) is 0.887. The van der Waals surface area contributed by atoms with Crippen molar-refractivity contribution < 1.29 is 16.8 Å². The zero-order valence-electron chi connectivity index (χ0n) is 8.00. The molecule has 0 aromatic carbocycles. The minimum atomic E-state index is -3.72. The molecule has 16 heavy (non-hydrogen) atoms. The van der Waals surface area contributed by atoms with Gasteiger partial charge in [0.1, 0.15) is 4.90 Å². The molecule has 1 aromatic heterocycles. The molecule has 9 heteroatoms. The normalized spacial score (nSPS) is 12.6. The van der Waals surface area contributed by atoms with Crippen LogP contribution in [0.25, 0.3) is 0 Å². The number of halogens is 1. The van der Waals surface area contributed by atoms with Crippen LogP contribution in [0.15, 0.2) is 29.4 Å². The van der Waals surface area contributed by atoms with Crippen LogP contribution in [0.1, 0.15) is 0 Å². The van der Waals surface area contributed by atoms with Crippen molar-refractivity contribution in [1.82, 2.24) is 9.71 Å². The molecule has 0 aliphatic heterocycles. The monoisotopic (exact) mass is 284 g/mol. The van der Waals surface area contributed by atoms with E-state index in [1.54, 1.807) is 0 Å². The summed E-state index contributed by atoms with van der Waals surface area (Å²) in [6, 6.07) is 2.82. The van der Waals surface area contributed by atoms with Gasteiger partial charge in [-0.3, -0.25) is 4.98 Å². The Morgan fingerprint density at radius 2 is 2.00 bits per heavy atom. The molecule has 0 spiro atoms. The molecule has 0 aliphatic carbocycles. The minimum absolute atomic E-state index is 0.0260. The molecule has 0 bridgehead atoms. The van der Waals surface area contributed by atoms with Gasteiger partial charge in [-0.05, 0) is 12.1 Å². The number of pyridine rings is 1. The second kappa shape index (κ2) is 5.09. The van der Waals surface area contributed by atoms with Crippen LogP contribution in [0.2, 0.25) is 0 Å². The van der Waals surface area contributed by atoms with Crippen molar-refractivity contribution in [2.24, 2.45) is 0 Å². The Balaban J connectivity index is 2.68. The fraction of sp³-hybridized carbons (Fsp3) is 0.286. The molecule has 1 heterocycles. The Hall–Kier alpha value is -0.700. The Morgan fingerprint density at radius 3 is 2.50 bits per heavy atom. The number of aromatic nitrogens is 1. The highest BCUT2D eigenvalue weighted by molar-refractivity contribution is 8.13. The number of nitrogens with one attached hydrogen (secondary N) is 1. The van der Waals surface area contributed by atoms with Gasteiger partial charge in [0, 0.05) is 29.6 Å². The maximum atomic E-state index is 11.5. The van der Waals surface area contributed by atoms with E-state index in [1.165, 1.54) is 18.3 Å². The van der Waals surface area contributed by atoms with Crippen LogP contribution >= 0.6 is 10.7 Å². The quantitative estimate of drug-likeness (QED) is 0.764. The summed E-state index contributed by atoms with van der Waals surface area (Å²) in [4.78, 5) is 3.62. The summed E-state index contributed by atoms with van der Waals surface area (Å²) in [6.07, 6.45) is 2.60. The van der Waals surface area contributed by atoms with Gasteiger partial charge in [0.25, 0.3) is 0 Å². The number of hydrogen-bond acceptors (Lipinski definition) is 5. The summed E-state index contributed by atoms with van der Waals surface area (Å²) in [7, 11) is -2.48. The topological polar surface area (TPSA) is 93.2 Å². The third-order valence-electron chi connectivity index (χ3n) is 1.58. The molecular formula is C7H9ClN2O4S2. The van der Waals surface area contributed by atoms with Crippen LogP contribution in [-0.2, 0) is 19.1 Å². The highest BCUT2D eigenvalue weighted by atomic mass is 35.7. The molecule has 0 amide bonds. The average molecular weight is 285 g/mol. The smallest absolute Gasteiger partial charge is 0.242 e. The molecule has 90 valence electrons. The first-order chi connectivity index (χ1) is 7.31. The van der Waals surface area contributed by atoms with Gasteiger partial charge in [-0.1, -0.05) is 0 Å². The van der Waals surface area contributed by atoms with Crippen molar-refractivity contribution in [2.45, 2.75) is 4.90 Å². The molecule has 1 aromatic rings. The van der Waals surface area contributed by atoms with E-state index in [2.05, 4.69) is 9.71 Å². The largest absolute Gasteiger partial charge is 0.263 e. The second-order valence-electron chi connectivity index (χ2n) is 2.83. The van der Waals surface area contributed by atoms with Gasteiger partial charge in [0.15, 0.2) is 0 Å². The van der Waals surface area contributed by atoms with E-state index in [0.717, 1.165) is 6.20 Å². The van der Waals surface area contributed by atoms with Crippen molar-refractivity contribution in [3.05, 3.63) is 24.5 Å². The third kappa shape index (κ3) is 4.44. The van der Waals surface area contributed by atoms with Crippen molar-refractivity contribution in [3.63, 3.8) is 0 Å². The summed E-state index contributed by atoms with van der Waals surface area (Å²) in [5.74, 6) is -0.464. The highest BCUT2D eigenvalue weighted by Gasteiger charge is 2.14. The molecule has 0 fully saturated rings. The van der Waals surface area contributed by atoms with Gasteiger partial charge in [0.05, 0.1) is 5.75 Å². The summed E-state index contributed by atoms with van der Waals surface area (Å²) >= 11 is 0. The molecule has 1 N–H and O–H groups in total. The van der Waals surface area contributed by atoms with Crippen molar-refractivity contribution in [2.75, 3.05) is 12.3 Å². The number of rotatable bonds is 5. The molecule has 6 nitrogen and oxygen atoms in total. The average Bonchev–Trinajstić information content (AvgIpc) is 2.17. The lowest BCUT2D eigenvalue weighted by Gasteiger charge is -2.04. The molecule has 0 saturated heterocycles. The van der Waals surface area contributed by atoms with Gasteiger partial charge >= 0.3 is 0 Å². The summed E-state index contributed by atoms with van der Waals surface area (Å²) < 4.78 is 46.3. The molecule has 0 saturated carbocycles. The van der Waals surface area contributed by atoms with Crippen molar-refractivity contribution in [1.29, 1.82) is 0 Å². The van der Waals surface area contributed by atoms with Gasteiger partial charge in [-0.2, -0.15) is 0 Å². The zero-order valence-corrected chi connectivity index (χ0v) is 10.4. The van der Waals surface area contributed by atoms with Crippen molar-refractivity contribution >= 4 is 29.8 Å². The predicted octanol–water partition coefficient (Wildman–Crippen LogP) is -0.0715. The van der Waals surface area contributed by atoms with Gasteiger partial charge in [0.2, 0.25) is 19.1 Å². The van der Waals surface area contributed by atoms with Crippen LogP contribution in [0.3, 0.4) is 0 Å². The van der Waals surface area contributed by atoms with Crippen LogP contribution in [0, 0.1) is 0 Å². The maximum absolute atomic E-state index is 11.5. The van der Waals surface area contributed by atoms with E-state index < -0.39 is 24.8 Å². The highest BCUT2D eigenvalue weighted by Crippen LogP contribution is 2.05. The first-order valence-corrected chi connectivity index (χ1v) is 8.09. The Kier molecular flexibility index (Phi) is 4.25.